The van der Waals surface area contributed by atoms with E-state index in [2.05, 4.69) is 5.32 Å². The summed E-state index contributed by atoms with van der Waals surface area (Å²) in [6, 6.07) is 4.71. The molecule has 19 heavy (non-hydrogen) atoms. The van der Waals surface area contributed by atoms with Crippen LogP contribution in [0.1, 0.15) is 20.3 Å². The molecule has 1 aromatic rings. The maximum absolute atomic E-state index is 13.3. The number of nitrogens with two attached hydrogens (primary N) is 1. The standard InChI is InChI=1S/C14H23FN2O2/c1-14(2,19-4)8-11(9-16)17-10-5-6-12(15)13(7-10)18-3/h5-7,11,17H,8-9,16H2,1-4H3. The van der Waals surface area contributed by atoms with Crippen LogP contribution in [-0.4, -0.2) is 32.4 Å². The maximum atomic E-state index is 13.3. The molecule has 0 aliphatic carbocycles. The predicted octanol–water partition coefficient (Wildman–Crippen LogP) is 2.39. The molecule has 0 bridgehead atoms. The molecule has 1 rings (SSSR count). The number of nitrogens with one attached hydrogen (secondary N) is 1. The smallest absolute Gasteiger partial charge is 0.165 e. The van der Waals surface area contributed by atoms with Crippen LogP contribution in [0.25, 0.3) is 0 Å². The van der Waals surface area contributed by atoms with Gasteiger partial charge in [0.2, 0.25) is 0 Å². The molecule has 0 aromatic heterocycles. The Morgan fingerprint density at radius 3 is 2.58 bits per heavy atom. The number of methoxy groups -OCH3 is 2. The zero-order chi connectivity index (χ0) is 14.5. The molecule has 5 heteroatoms. The van der Waals surface area contributed by atoms with Crippen molar-refractivity contribution in [3.8, 4) is 5.75 Å². The van der Waals surface area contributed by atoms with Crippen molar-refractivity contribution in [2.45, 2.75) is 31.9 Å². The Hall–Kier alpha value is -1.33. The molecule has 1 atom stereocenters. The summed E-state index contributed by atoms with van der Waals surface area (Å²) < 4.78 is 23.7. The Kier molecular flexibility index (Phi) is 5.57. The van der Waals surface area contributed by atoms with Gasteiger partial charge in [0.25, 0.3) is 0 Å². The highest BCUT2D eigenvalue weighted by Crippen LogP contribution is 2.23. The molecule has 0 amide bonds. The number of hydrogen-bond acceptors (Lipinski definition) is 4. The van der Waals surface area contributed by atoms with Gasteiger partial charge in [-0.3, -0.25) is 0 Å². The molecule has 1 aromatic carbocycles. The SMILES string of the molecule is COc1cc(NC(CN)CC(C)(C)OC)ccc1F. The van der Waals surface area contributed by atoms with E-state index in [1.165, 1.54) is 13.2 Å². The average molecular weight is 270 g/mol. The molecule has 0 aliphatic heterocycles. The van der Waals surface area contributed by atoms with Gasteiger partial charge in [-0.15, -0.1) is 0 Å². The summed E-state index contributed by atoms with van der Waals surface area (Å²) in [7, 11) is 3.12. The molecule has 0 saturated heterocycles. The first-order valence-electron chi connectivity index (χ1n) is 6.27. The van der Waals surface area contributed by atoms with Crippen molar-refractivity contribution in [2.24, 2.45) is 5.73 Å². The molecule has 0 aliphatic rings. The van der Waals surface area contributed by atoms with Gasteiger partial charge in [0.1, 0.15) is 0 Å². The fourth-order valence-corrected chi connectivity index (χ4v) is 1.86. The lowest BCUT2D eigenvalue weighted by Gasteiger charge is -2.29. The summed E-state index contributed by atoms with van der Waals surface area (Å²) in [5.41, 5.74) is 6.28. The molecular weight excluding hydrogens is 247 g/mol. The van der Waals surface area contributed by atoms with E-state index in [0.29, 0.717) is 6.54 Å². The summed E-state index contributed by atoms with van der Waals surface area (Å²) in [6.07, 6.45) is 0.750. The summed E-state index contributed by atoms with van der Waals surface area (Å²) in [5, 5.41) is 3.27. The first-order valence-corrected chi connectivity index (χ1v) is 6.27. The van der Waals surface area contributed by atoms with Gasteiger partial charge in [0.05, 0.1) is 12.7 Å². The topological polar surface area (TPSA) is 56.5 Å². The number of benzene rings is 1. The van der Waals surface area contributed by atoms with E-state index in [0.717, 1.165) is 12.1 Å². The van der Waals surface area contributed by atoms with Crippen LogP contribution in [0.3, 0.4) is 0 Å². The minimum absolute atomic E-state index is 0.0464. The number of rotatable bonds is 7. The lowest BCUT2D eigenvalue weighted by molar-refractivity contribution is 0.0122. The van der Waals surface area contributed by atoms with Crippen molar-refractivity contribution >= 4 is 5.69 Å². The molecule has 0 spiro atoms. The number of hydrogen-bond donors (Lipinski definition) is 2. The highest BCUT2D eigenvalue weighted by molar-refractivity contribution is 5.49. The van der Waals surface area contributed by atoms with Crippen molar-refractivity contribution in [1.29, 1.82) is 0 Å². The minimum Gasteiger partial charge on any atom is -0.494 e. The van der Waals surface area contributed by atoms with Crippen LogP contribution in [0.2, 0.25) is 0 Å². The first-order chi connectivity index (χ1) is 8.91. The Morgan fingerprint density at radius 2 is 2.05 bits per heavy atom. The van der Waals surface area contributed by atoms with Gasteiger partial charge in [-0.2, -0.15) is 0 Å². The third-order valence-corrected chi connectivity index (χ3v) is 3.10. The zero-order valence-corrected chi connectivity index (χ0v) is 12.0. The third kappa shape index (κ3) is 4.69. The van der Waals surface area contributed by atoms with Gasteiger partial charge in [-0.25, -0.2) is 4.39 Å². The van der Waals surface area contributed by atoms with Gasteiger partial charge in [-0.05, 0) is 32.4 Å². The lowest BCUT2D eigenvalue weighted by Crippen LogP contribution is -2.37. The molecule has 0 fully saturated rings. The van der Waals surface area contributed by atoms with E-state index < -0.39 is 0 Å². The minimum atomic E-state index is -0.380. The maximum Gasteiger partial charge on any atom is 0.165 e. The van der Waals surface area contributed by atoms with Crippen LogP contribution in [-0.2, 0) is 4.74 Å². The molecular formula is C14H23FN2O2. The third-order valence-electron chi connectivity index (χ3n) is 3.10. The van der Waals surface area contributed by atoms with Gasteiger partial charge in [0, 0.05) is 31.5 Å². The highest BCUT2D eigenvalue weighted by Gasteiger charge is 2.22. The number of anilines is 1. The predicted molar refractivity (Wildman–Crippen MR) is 75.1 cm³/mol. The lowest BCUT2D eigenvalue weighted by atomic mass is 9.98. The van der Waals surface area contributed by atoms with Crippen LogP contribution in [0.4, 0.5) is 10.1 Å². The van der Waals surface area contributed by atoms with Crippen molar-refractivity contribution in [2.75, 3.05) is 26.1 Å². The van der Waals surface area contributed by atoms with E-state index in [9.17, 15) is 4.39 Å². The molecule has 3 N–H and O–H groups in total. The Balaban J connectivity index is 2.76. The van der Waals surface area contributed by atoms with Crippen LogP contribution in [0.15, 0.2) is 18.2 Å². The molecule has 0 heterocycles. The normalized spacial score (nSPS) is 13.2. The average Bonchev–Trinajstić information content (AvgIpc) is 2.39. The van der Waals surface area contributed by atoms with E-state index >= 15 is 0 Å². The second-order valence-electron chi connectivity index (χ2n) is 5.09. The fourth-order valence-electron chi connectivity index (χ4n) is 1.86. The largest absolute Gasteiger partial charge is 0.494 e. The Morgan fingerprint density at radius 1 is 1.37 bits per heavy atom. The highest BCUT2D eigenvalue weighted by atomic mass is 19.1. The molecule has 1 unspecified atom stereocenters. The first kappa shape index (κ1) is 15.7. The van der Waals surface area contributed by atoms with Crippen molar-refractivity contribution < 1.29 is 13.9 Å². The quantitative estimate of drug-likeness (QED) is 0.798. The van der Waals surface area contributed by atoms with Crippen LogP contribution in [0.5, 0.6) is 5.75 Å². The summed E-state index contributed by atoms with van der Waals surface area (Å²) in [5.74, 6) is -0.165. The molecule has 0 radical (unpaired) electrons. The summed E-state index contributed by atoms with van der Waals surface area (Å²) in [6.45, 7) is 4.47. The number of halogens is 1. The van der Waals surface area contributed by atoms with E-state index in [1.54, 1.807) is 19.2 Å². The second kappa shape index (κ2) is 6.73. The molecule has 4 nitrogen and oxygen atoms in total. The van der Waals surface area contributed by atoms with Gasteiger partial charge in [-0.1, -0.05) is 0 Å². The summed E-state index contributed by atoms with van der Waals surface area (Å²) in [4.78, 5) is 0. The van der Waals surface area contributed by atoms with Crippen molar-refractivity contribution in [1.82, 2.24) is 0 Å². The van der Waals surface area contributed by atoms with Crippen molar-refractivity contribution in [3.63, 3.8) is 0 Å². The van der Waals surface area contributed by atoms with Gasteiger partial charge in [0.15, 0.2) is 11.6 Å². The monoisotopic (exact) mass is 270 g/mol. The zero-order valence-electron chi connectivity index (χ0n) is 12.0. The van der Waals surface area contributed by atoms with E-state index in [1.807, 2.05) is 13.8 Å². The Labute approximate surface area is 114 Å². The van der Waals surface area contributed by atoms with Crippen LogP contribution in [0, 0.1) is 5.82 Å². The fraction of sp³-hybridized carbons (Fsp3) is 0.571. The second-order valence-corrected chi connectivity index (χ2v) is 5.09. The van der Waals surface area contributed by atoms with Gasteiger partial charge < -0.3 is 20.5 Å². The van der Waals surface area contributed by atoms with Crippen molar-refractivity contribution in [3.05, 3.63) is 24.0 Å². The van der Waals surface area contributed by atoms with Crippen LogP contribution < -0.4 is 15.8 Å². The van der Waals surface area contributed by atoms with Crippen LogP contribution >= 0.6 is 0 Å². The van der Waals surface area contributed by atoms with E-state index in [4.69, 9.17) is 15.2 Å². The molecule has 108 valence electrons. The summed E-state index contributed by atoms with van der Waals surface area (Å²) >= 11 is 0. The van der Waals surface area contributed by atoms with Gasteiger partial charge >= 0.3 is 0 Å². The Bertz CT molecular complexity index is 410. The number of ether oxygens (including phenoxy) is 2. The molecule has 0 saturated carbocycles. The van der Waals surface area contributed by atoms with E-state index in [-0.39, 0.29) is 23.2 Å².